The van der Waals surface area contributed by atoms with Gasteiger partial charge in [0.1, 0.15) is 22.8 Å². The third kappa shape index (κ3) is 5.16. The number of hydrogen-bond acceptors (Lipinski definition) is 6. The summed E-state index contributed by atoms with van der Waals surface area (Å²) in [5, 5.41) is 3.14. The van der Waals surface area contributed by atoms with Crippen LogP contribution in [0.5, 0.6) is 11.5 Å². The van der Waals surface area contributed by atoms with Crippen molar-refractivity contribution in [3.8, 4) is 22.8 Å². The number of amides is 2. The van der Waals surface area contributed by atoms with Gasteiger partial charge in [0, 0.05) is 42.9 Å². The summed E-state index contributed by atoms with van der Waals surface area (Å²) in [5.41, 5.74) is 3.27. The van der Waals surface area contributed by atoms with Gasteiger partial charge >= 0.3 is 0 Å². The van der Waals surface area contributed by atoms with E-state index in [0.717, 1.165) is 12.8 Å². The molecule has 1 aliphatic carbocycles. The van der Waals surface area contributed by atoms with Gasteiger partial charge < -0.3 is 24.7 Å². The second-order valence-electron chi connectivity index (χ2n) is 10.2. The molecule has 2 N–H and O–H groups in total. The lowest BCUT2D eigenvalue weighted by atomic mass is 10.0. The summed E-state index contributed by atoms with van der Waals surface area (Å²) >= 11 is 0. The maximum Gasteiger partial charge on any atom is 0.255 e. The molecular weight excluding hydrogens is 489 g/mol. The van der Waals surface area contributed by atoms with Crippen LogP contribution in [-0.4, -0.2) is 64.5 Å². The molecule has 0 spiro atoms. The number of nitrogens with zero attached hydrogens (tertiary/aromatic N) is 3. The topological polar surface area (TPSA) is 109 Å². The molecule has 1 aromatic carbocycles. The highest BCUT2D eigenvalue weighted by Gasteiger charge is 2.28. The van der Waals surface area contributed by atoms with E-state index in [1.807, 2.05) is 18.7 Å². The first-order valence-electron chi connectivity index (χ1n) is 13.2. The number of nitrogens with one attached hydrogen (secondary N) is 2. The number of H-pyrrole nitrogens is 1. The summed E-state index contributed by atoms with van der Waals surface area (Å²) in [5.74, 6) is 0.815. The first-order chi connectivity index (χ1) is 18.3. The quantitative estimate of drug-likeness (QED) is 0.456. The van der Waals surface area contributed by atoms with E-state index < -0.39 is 5.82 Å². The average molecular weight is 524 g/mol. The zero-order valence-electron chi connectivity index (χ0n) is 22.3. The van der Waals surface area contributed by atoms with Crippen molar-refractivity contribution in [1.29, 1.82) is 0 Å². The summed E-state index contributed by atoms with van der Waals surface area (Å²) in [7, 11) is 1.41. The van der Waals surface area contributed by atoms with Gasteiger partial charge in [0.15, 0.2) is 11.6 Å². The largest absolute Gasteiger partial charge is 0.494 e. The molecule has 1 aliphatic heterocycles. The van der Waals surface area contributed by atoms with Gasteiger partial charge in [0.2, 0.25) is 5.91 Å². The Morgan fingerprint density at radius 3 is 2.53 bits per heavy atom. The third-order valence-electron chi connectivity index (χ3n) is 7.34. The molecule has 202 valence electrons. The van der Waals surface area contributed by atoms with Gasteiger partial charge in [-0.3, -0.25) is 9.59 Å². The number of aryl methyl sites for hydroxylation is 2. The lowest BCUT2D eigenvalue weighted by Gasteiger charge is -2.32. The van der Waals surface area contributed by atoms with E-state index in [1.165, 1.54) is 13.2 Å². The minimum absolute atomic E-state index is 0.0288. The van der Waals surface area contributed by atoms with E-state index >= 15 is 0 Å². The standard InChI is InChI=1S/C28H34FN5O4/c1-5-23(35)34-10-8-18(9-11-34)33-28(36)24-15(2)30-27-25(31-16(3)32-26(24)27)19-12-22(37-4)20(29)13-21(19)38-14-17-6-7-17/h12-13,17-18,30H,5-11,14H2,1-4H3,(H,33,36). The van der Waals surface area contributed by atoms with E-state index in [4.69, 9.17) is 9.47 Å². The number of methoxy groups -OCH3 is 1. The monoisotopic (exact) mass is 523 g/mol. The number of hydrogen-bond donors (Lipinski definition) is 2. The van der Waals surface area contributed by atoms with Gasteiger partial charge in [-0.25, -0.2) is 14.4 Å². The maximum atomic E-state index is 14.6. The van der Waals surface area contributed by atoms with Gasteiger partial charge in [-0.05, 0) is 51.5 Å². The Morgan fingerprint density at radius 2 is 1.87 bits per heavy atom. The molecular formula is C28H34FN5O4. The first kappa shape index (κ1) is 25.9. The summed E-state index contributed by atoms with van der Waals surface area (Å²) < 4.78 is 25.9. The van der Waals surface area contributed by atoms with Gasteiger partial charge in [-0.15, -0.1) is 0 Å². The minimum Gasteiger partial charge on any atom is -0.494 e. The normalized spacial score (nSPS) is 16.1. The molecule has 38 heavy (non-hydrogen) atoms. The fourth-order valence-electron chi connectivity index (χ4n) is 5.01. The first-order valence-corrected chi connectivity index (χ1v) is 13.2. The number of ether oxygens (including phenoxy) is 2. The van der Waals surface area contributed by atoms with Crippen LogP contribution in [0.2, 0.25) is 0 Å². The highest BCUT2D eigenvalue weighted by atomic mass is 19.1. The fourth-order valence-corrected chi connectivity index (χ4v) is 5.01. The molecule has 2 amide bonds. The Kier molecular flexibility index (Phi) is 7.23. The van der Waals surface area contributed by atoms with E-state index in [-0.39, 0.29) is 23.6 Å². The van der Waals surface area contributed by atoms with Crippen LogP contribution in [0.25, 0.3) is 22.3 Å². The highest BCUT2D eigenvalue weighted by Crippen LogP contribution is 2.40. The van der Waals surface area contributed by atoms with Crippen molar-refractivity contribution in [2.75, 3.05) is 26.8 Å². The predicted octanol–water partition coefficient (Wildman–Crippen LogP) is 4.31. The van der Waals surface area contributed by atoms with Gasteiger partial charge in [0.25, 0.3) is 5.91 Å². The minimum atomic E-state index is -0.515. The van der Waals surface area contributed by atoms with Crippen molar-refractivity contribution < 1.29 is 23.5 Å². The van der Waals surface area contributed by atoms with E-state index in [0.29, 0.717) is 90.0 Å². The zero-order valence-corrected chi connectivity index (χ0v) is 22.3. The molecule has 5 rings (SSSR count). The lowest BCUT2D eigenvalue weighted by Crippen LogP contribution is -2.46. The molecule has 0 unspecified atom stereocenters. The number of fused-ring (bicyclic) bond motifs is 1. The number of benzene rings is 1. The molecule has 10 heteroatoms. The van der Waals surface area contributed by atoms with Crippen LogP contribution in [0.4, 0.5) is 4.39 Å². The number of halogens is 1. The molecule has 1 saturated carbocycles. The molecule has 0 atom stereocenters. The Morgan fingerprint density at radius 1 is 1.13 bits per heavy atom. The van der Waals surface area contributed by atoms with Gasteiger partial charge in [0.05, 0.1) is 24.8 Å². The van der Waals surface area contributed by atoms with Crippen LogP contribution >= 0.6 is 0 Å². The number of aromatic amines is 1. The lowest BCUT2D eigenvalue weighted by molar-refractivity contribution is -0.131. The van der Waals surface area contributed by atoms with Crippen LogP contribution in [0, 0.1) is 25.6 Å². The Hall–Kier alpha value is -3.69. The molecule has 2 aromatic heterocycles. The summed E-state index contributed by atoms with van der Waals surface area (Å²) in [4.78, 5) is 39.9. The van der Waals surface area contributed by atoms with Crippen molar-refractivity contribution in [3.63, 3.8) is 0 Å². The van der Waals surface area contributed by atoms with Crippen LogP contribution < -0.4 is 14.8 Å². The van der Waals surface area contributed by atoms with Crippen molar-refractivity contribution in [2.45, 2.75) is 58.9 Å². The smallest absolute Gasteiger partial charge is 0.255 e. The fraction of sp³-hybridized carbons (Fsp3) is 0.500. The molecule has 3 heterocycles. The molecule has 3 aromatic rings. The van der Waals surface area contributed by atoms with Crippen molar-refractivity contribution >= 4 is 22.8 Å². The van der Waals surface area contributed by atoms with Gasteiger partial charge in [-0.2, -0.15) is 0 Å². The van der Waals surface area contributed by atoms with Crippen LogP contribution in [0.3, 0.4) is 0 Å². The van der Waals surface area contributed by atoms with Crippen LogP contribution in [0.15, 0.2) is 12.1 Å². The van der Waals surface area contributed by atoms with E-state index in [1.54, 1.807) is 13.0 Å². The number of carbonyl (C=O) groups excluding carboxylic acids is 2. The summed E-state index contributed by atoms with van der Waals surface area (Å²) in [6.07, 6.45) is 4.10. The van der Waals surface area contributed by atoms with Crippen LogP contribution in [0.1, 0.15) is 60.9 Å². The number of rotatable bonds is 8. The van der Waals surface area contributed by atoms with E-state index in [9.17, 15) is 14.0 Å². The number of carbonyl (C=O) groups is 2. The number of likely N-dealkylation sites (tertiary alicyclic amines) is 1. The Balaban J connectivity index is 1.48. The van der Waals surface area contributed by atoms with Gasteiger partial charge in [-0.1, -0.05) is 6.92 Å². The maximum absolute atomic E-state index is 14.6. The summed E-state index contributed by atoms with van der Waals surface area (Å²) in [6, 6.07) is 2.89. The highest BCUT2D eigenvalue weighted by molar-refractivity contribution is 6.09. The SMILES string of the molecule is CCC(=O)N1CCC(NC(=O)c2c(C)[nH]c3c(-c4cc(OC)c(F)cc4OCC4CC4)nc(C)nc23)CC1. The molecule has 2 fully saturated rings. The third-order valence-corrected chi connectivity index (χ3v) is 7.34. The summed E-state index contributed by atoms with van der Waals surface area (Å²) in [6.45, 7) is 7.22. The molecule has 2 aliphatic rings. The predicted molar refractivity (Wildman–Crippen MR) is 141 cm³/mol. The zero-order chi connectivity index (χ0) is 27.0. The molecule has 0 radical (unpaired) electrons. The van der Waals surface area contributed by atoms with Crippen molar-refractivity contribution in [3.05, 3.63) is 35.0 Å². The molecule has 9 nitrogen and oxygen atoms in total. The average Bonchev–Trinajstić information content (AvgIpc) is 3.67. The second kappa shape index (κ2) is 10.6. The van der Waals surface area contributed by atoms with Crippen LogP contribution in [-0.2, 0) is 4.79 Å². The number of aromatic nitrogens is 3. The van der Waals surface area contributed by atoms with E-state index in [2.05, 4.69) is 20.3 Å². The Labute approximate surface area is 221 Å². The molecule has 1 saturated heterocycles. The Bertz CT molecular complexity index is 1380. The van der Waals surface area contributed by atoms with Crippen molar-refractivity contribution in [1.82, 2.24) is 25.2 Å². The number of piperidine rings is 1. The second-order valence-corrected chi connectivity index (χ2v) is 10.2. The van der Waals surface area contributed by atoms with Crippen molar-refractivity contribution in [2.24, 2.45) is 5.92 Å². The molecule has 0 bridgehead atoms.